The van der Waals surface area contributed by atoms with Crippen LogP contribution in [0.5, 0.6) is 0 Å². The molecule has 2 aromatic rings. The molecule has 0 unspecified atom stereocenters. The molecule has 0 fully saturated rings. The van der Waals surface area contributed by atoms with E-state index in [1.165, 1.54) is 6.07 Å². The number of alkyl halides is 1. The zero-order chi connectivity index (χ0) is 16.1. The molecule has 0 saturated carbocycles. The average molecular weight is 366 g/mol. The highest BCUT2D eigenvalue weighted by Crippen LogP contribution is 2.18. The van der Waals surface area contributed by atoms with E-state index < -0.39 is 0 Å². The van der Waals surface area contributed by atoms with Crippen LogP contribution in [-0.2, 0) is 16.0 Å². The fourth-order valence-corrected chi connectivity index (χ4v) is 2.42. The van der Waals surface area contributed by atoms with Crippen molar-refractivity contribution in [1.29, 1.82) is 0 Å². The van der Waals surface area contributed by atoms with E-state index in [-0.39, 0.29) is 42.0 Å². The summed E-state index contributed by atoms with van der Waals surface area (Å²) in [6.07, 6.45) is 0.358. The summed E-state index contributed by atoms with van der Waals surface area (Å²) in [5, 5.41) is 3.73. The number of nitrogens with one attached hydrogen (secondary N) is 2. The molecule has 2 rings (SSSR count). The number of anilines is 1. The van der Waals surface area contributed by atoms with Crippen LogP contribution in [0, 0.1) is 0 Å². The van der Waals surface area contributed by atoms with E-state index in [0.29, 0.717) is 16.8 Å². The number of carbonyl (C=O) groups excluding carboxylic acids is 2. The molecular weight excluding hydrogens is 350 g/mol. The van der Waals surface area contributed by atoms with Gasteiger partial charge in [0.25, 0.3) is 0 Å². The number of rotatable bonds is 6. The van der Waals surface area contributed by atoms with Gasteiger partial charge < -0.3 is 16.0 Å². The van der Waals surface area contributed by atoms with Crippen molar-refractivity contribution < 1.29 is 9.59 Å². The monoisotopic (exact) mass is 365 g/mol. The molecule has 1 aromatic heterocycles. The number of amides is 1. The van der Waals surface area contributed by atoms with Crippen molar-refractivity contribution in [3.8, 4) is 0 Å². The Hall–Kier alpha value is -2.15. The molecule has 0 aliphatic heterocycles. The fourth-order valence-electron chi connectivity index (χ4n) is 2.14. The Balaban J connectivity index is 2.12. The summed E-state index contributed by atoms with van der Waals surface area (Å²) in [4.78, 5) is 37.4. The number of Topliss-reactive ketones (excluding diaryl/α,β-unsaturated/α-hetero) is 1. The van der Waals surface area contributed by atoms with E-state index in [0.717, 1.165) is 5.39 Å². The highest BCUT2D eigenvalue weighted by molar-refractivity contribution is 9.09. The highest BCUT2D eigenvalue weighted by atomic mass is 79.9. The van der Waals surface area contributed by atoms with E-state index >= 15 is 0 Å². The fraction of sp³-hybridized carbons (Fsp3) is 0.267. The van der Waals surface area contributed by atoms with Crippen LogP contribution in [-0.4, -0.2) is 28.5 Å². The lowest BCUT2D eigenvalue weighted by Gasteiger charge is -2.08. The molecule has 0 aliphatic carbocycles. The van der Waals surface area contributed by atoms with Crippen molar-refractivity contribution in [3.05, 3.63) is 40.2 Å². The predicted molar refractivity (Wildman–Crippen MR) is 89.1 cm³/mol. The van der Waals surface area contributed by atoms with Gasteiger partial charge in [-0.25, -0.2) is 0 Å². The van der Waals surface area contributed by atoms with Gasteiger partial charge in [0.05, 0.1) is 17.3 Å². The van der Waals surface area contributed by atoms with Gasteiger partial charge in [0.1, 0.15) is 5.78 Å². The second kappa shape index (κ2) is 7.22. The molecule has 7 heteroatoms. The average Bonchev–Trinajstić information content (AvgIpc) is 2.46. The number of carbonyl (C=O) groups is 2. The normalized spacial score (nSPS) is 10.6. The van der Waals surface area contributed by atoms with Gasteiger partial charge in [0.15, 0.2) is 0 Å². The number of benzene rings is 1. The van der Waals surface area contributed by atoms with Gasteiger partial charge in [-0.3, -0.25) is 14.4 Å². The van der Waals surface area contributed by atoms with E-state index in [4.69, 9.17) is 5.73 Å². The molecule has 1 aromatic carbocycles. The van der Waals surface area contributed by atoms with Crippen molar-refractivity contribution >= 4 is 44.2 Å². The number of nitrogens with two attached hydrogens (primary N) is 1. The van der Waals surface area contributed by atoms with E-state index in [1.54, 1.807) is 18.2 Å². The van der Waals surface area contributed by atoms with Gasteiger partial charge >= 0.3 is 0 Å². The number of aromatic amines is 1. The number of ketones is 1. The van der Waals surface area contributed by atoms with E-state index in [2.05, 4.69) is 26.2 Å². The molecule has 1 amide bonds. The summed E-state index contributed by atoms with van der Waals surface area (Å²) < 4.78 is 0. The summed E-state index contributed by atoms with van der Waals surface area (Å²) in [6, 6.07) is 6.56. The molecule has 4 N–H and O–H groups in total. The van der Waals surface area contributed by atoms with Crippen molar-refractivity contribution in [3.63, 3.8) is 0 Å². The Labute approximate surface area is 135 Å². The Morgan fingerprint density at radius 2 is 2.05 bits per heavy atom. The lowest BCUT2D eigenvalue weighted by molar-refractivity contribution is -0.120. The van der Waals surface area contributed by atoms with Crippen LogP contribution < -0.4 is 16.6 Å². The number of aromatic nitrogens is 1. The topological polar surface area (TPSA) is 105 Å². The van der Waals surface area contributed by atoms with Gasteiger partial charge in [-0.2, -0.15) is 0 Å². The molecule has 0 spiro atoms. The number of nitrogen functional groups attached to an aromatic ring is 1. The van der Waals surface area contributed by atoms with Gasteiger partial charge in [0, 0.05) is 30.1 Å². The zero-order valence-corrected chi connectivity index (χ0v) is 13.4. The zero-order valence-electron chi connectivity index (χ0n) is 11.8. The number of fused-ring (bicyclic) bond motifs is 1. The minimum absolute atomic E-state index is 0.0254. The van der Waals surface area contributed by atoms with Gasteiger partial charge in [-0.05, 0) is 17.7 Å². The molecule has 0 saturated heterocycles. The Morgan fingerprint density at radius 3 is 2.77 bits per heavy atom. The van der Waals surface area contributed by atoms with Crippen molar-refractivity contribution in [2.45, 2.75) is 12.8 Å². The first kappa shape index (κ1) is 16.2. The first-order chi connectivity index (χ1) is 10.5. The standard InChI is InChI=1S/C15H16BrN3O3/c16-8-11(20)3-4-18-14(21)5-9-6-15(22)19-13-7-10(17)1-2-12(9)13/h1-2,6-7H,3-5,8,17H2,(H,18,21)(H,19,22). The van der Waals surface area contributed by atoms with Crippen LogP contribution in [0.1, 0.15) is 12.0 Å². The number of pyridine rings is 1. The quantitative estimate of drug-likeness (QED) is 0.526. The molecule has 22 heavy (non-hydrogen) atoms. The Bertz CT molecular complexity index is 770. The molecule has 116 valence electrons. The molecule has 0 radical (unpaired) electrons. The van der Waals surface area contributed by atoms with Gasteiger partial charge in [-0.1, -0.05) is 22.0 Å². The SMILES string of the molecule is Nc1ccc2c(CC(=O)NCCC(=O)CBr)cc(=O)[nH]c2c1. The maximum Gasteiger partial charge on any atom is 0.248 e. The molecule has 0 aliphatic rings. The number of H-pyrrole nitrogens is 1. The maximum absolute atomic E-state index is 11.9. The van der Waals surface area contributed by atoms with E-state index in [9.17, 15) is 14.4 Å². The van der Waals surface area contributed by atoms with E-state index in [1.807, 2.05) is 0 Å². The molecule has 0 bridgehead atoms. The van der Waals surface area contributed by atoms with Gasteiger partial charge in [-0.15, -0.1) is 0 Å². The minimum atomic E-state index is -0.282. The Morgan fingerprint density at radius 1 is 1.27 bits per heavy atom. The summed E-state index contributed by atoms with van der Waals surface area (Å²) in [7, 11) is 0. The predicted octanol–water partition coefficient (Wildman–Crippen LogP) is 1.12. The number of halogens is 1. The van der Waals surface area contributed by atoms with Crippen molar-refractivity contribution in [1.82, 2.24) is 10.3 Å². The third kappa shape index (κ3) is 4.17. The lowest BCUT2D eigenvalue weighted by Crippen LogP contribution is -2.28. The largest absolute Gasteiger partial charge is 0.399 e. The first-order valence-corrected chi connectivity index (χ1v) is 7.87. The summed E-state index contributed by atoms with van der Waals surface area (Å²) in [5.41, 5.74) is 7.18. The van der Waals surface area contributed by atoms with Crippen molar-refractivity contribution in [2.75, 3.05) is 17.6 Å². The van der Waals surface area contributed by atoms with Crippen LogP contribution >= 0.6 is 15.9 Å². The maximum atomic E-state index is 11.9. The third-order valence-electron chi connectivity index (χ3n) is 3.18. The van der Waals surface area contributed by atoms with Crippen LogP contribution in [0.4, 0.5) is 5.69 Å². The minimum Gasteiger partial charge on any atom is -0.399 e. The molecule has 6 nitrogen and oxygen atoms in total. The second-order valence-corrected chi connectivity index (χ2v) is 5.47. The van der Waals surface area contributed by atoms with Gasteiger partial charge in [0.2, 0.25) is 11.5 Å². The van der Waals surface area contributed by atoms with Crippen LogP contribution in [0.2, 0.25) is 0 Å². The smallest absolute Gasteiger partial charge is 0.248 e. The number of hydrogen-bond acceptors (Lipinski definition) is 4. The first-order valence-electron chi connectivity index (χ1n) is 6.75. The molecule has 1 heterocycles. The number of hydrogen-bond donors (Lipinski definition) is 3. The lowest BCUT2D eigenvalue weighted by atomic mass is 10.1. The summed E-state index contributed by atoms with van der Waals surface area (Å²) in [6.45, 7) is 0.289. The highest BCUT2D eigenvalue weighted by Gasteiger charge is 2.09. The van der Waals surface area contributed by atoms with Crippen LogP contribution in [0.15, 0.2) is 29.1 Å². The Kier molecular flexibility index (Phi) is 5.32. The molecule has 0 atom stereocenters. The molecular formula is C15H16BrN3O3. The summed E-state index contributed by atoms with van der Waals surface area (Å²) >= 11 is 3.07. The second-order valence-electron chi connectivity index (χ2n) is 4.91. The van der Waals surface area contributed by atoms with Crippen LogP contribution in [0.25, 0.3) is 10.9 Å². The van der Waals surface area contributed by atoms with Crippen LogP contribution in [0.3, 0.4) is 0 Å². The van der Waals surface area contributed by atoms with Crippen molar-refractivity contribution in [2.24, 2.45) is 0 Å². The third-order valence-corrected chi connectivity index (χ3v) is 3.80. The summed E-state index contributed by atoms with van der Waals surface area (Å²) in [5.74, 6) is -0.205.